The molecule has 0 radical (unpaired) electrons. The van der Waals surface area contributed by atoms with Gasteiger partial charge in [0.2, 0.25) is 0 Å². The number of fused-ring (bicyclic) bond motifs is 1. The van der Waals surface area contributed by atoms with Gasteiger partial charge in [-0.1, -0.05) is 18.2 Å². The van der Waals surface area contributed by atoms with E-state index in [2.05, 4.69) is 21.0 Å². The number of nitrogens with zero attached hydrogens (tertiary/aromatic N) is 2. The van der Waals surface area contributed by atoms with Gasteiger partial charge < -0.3 is 15.1 Å². The molecular formula is C16H12N4O. The molecule has 0 spiro atoms. The molecule has 4 rings (SSSR count). The van der Waals surface area contributed by atoms with E-state index in [1.54, 1.807) is 18.7 Å². The van der Waals surface area contributed by atoms with Crippen molar-refractivity contribution in [2.75, 3.05) is 5.73 Å². The number of nitrogen functional groups attached to an aromatic ring is 1. The van der Waals surface area contributed by atoms with E-state index in [0.29, 0.717) is 0 Å². The van der Waals surface area contributed by atoms with Crippen molar-refractivity contribution in [1.29, 1.82) is 0 Å². The van der Waals surface area contributed by atoms with Crippen LogP contribution in [0.1, 0.15) is 0 Å². The van der Waals surface area contributed by atoms with E-state index in [1.165, 1.54) is 0 Å². The minimum Gasteiger partial charge on any atom is -0.432 e. The Balaban J connectivity index is 2.06. The van der Waals surface area contributed by atoms with Gasteiger partial charge >= 0.3 is 0 Å². The Labute approximate surface area is 120 Å². The molecule has 0 aliphatic carbocycles. The third-order valence-electron chi connectivity index (χ3n) is 3.45. The number of aromatic amines is 1. The minimum atomic E-state index is 0.163. The number of nitrogens with two attached hydrogens (primary N) is 1. The number of hydrogen-bond acceptors (Lipinski definition) is 4. The van der Waals surface area contributed by atoms with Crippen molar-refractivity contribution in [3.05, 3.63) is 55.1 Å². The molecule has 3 N–H and O–H groups in total. The summed E-state index contributed by atoms with van der Waals surface area (Å²) in [4.78, 5) is 11.8. The molecule has 1 aromatic carbocycles. The molecule has 0 bridgehead atoms. The summed E-state index contributed by atoms with van der Waals surface area (Å²) in [6.45, 7) is 0. The zero-order valence-electron chi connectivity index (χ0n) is 11.1. The average Bonchev–Trinajstić information content (AvgIpc) is 3.11. The summed E-state index contributed by atoms with van der Waals surface area (Å²) in [7, 11) is 0. The Kier molecular flexibility index (Phi) is 2.50. The molecule has 0 aliphatic rings. The van der Waals surface area contributed by atoms with Crippen molar-refractivity contribution in [3.8, 4) is 22.5 Å². The molecule has 4 aromatic rings. The molecule has 0 saturated carbocycles. The van der Waals surface area contributed by atoms with E-state index in [1.807, 2.05) is 30.3 Å². The normalized spacial score (nSPS) is 11.0. The molecule has 3 heterocycles. The second kappa shape index (κ2) is 4.49. The smallest absolute Gasteiger partial charge is 0.292 e. The second-order valence-electron chi connectivity index (χ2n) is 4.73. The van der Waals surface area contributed by atoms with E-state index in [-0.39, 0.29) is 6.01 Å². The van der Waals surface area contributed by atoms with Crippen LogP contribution in [0.2, 0.25) is 0 Å². The lowest BCUT2D eigenvalue weighted by Gasteiger charge is -2.01. The maximum absolute atomic E-state index is 5.62. The Morgan fingerprint density at radius 1 is 1.05 bits per heavy atom. The molecule has 0 fully saturated rings. The van der Waals surface area contributed by atoms with E-state index in [4.69, 9.17) is 10.2 Å². The first-order chi connectivity index (χ1) is 10.3. The fraction of sp³-hybridized carbons (Fsp3) is 0. The van der Waals surface area contributed by atoms with Gasteiger partial charge in [0.25, 0.3) is 6.01 Å². The molecule has 0 aliphatic heterocycles. The van der Waals surface area contributed by atoms with Crippen molar-refractivity contribution in [2.45, 2.75) is 0 Å². The summed E-state index contributed by atoms with van der Waals surface area (Å²) >= 11 is 0. The Hall–Kier alpha value is -3.08. The second-order valence-corrected chi connectivity index (χ2v) is 4.73. The lowest BCUT2D eigenvalue weighted by molar-refractivity contribution is 0.581. The first-order valence-corrected chi connectivity index (χ1v) is 6.55. The summed E-state index contributed by atoms with van der Waals surface area (Å²) in [6.07, 6.45) is 5.11. The van der Waals surface area contributed by atoms with E-state index >= 15 is 0 Å². The highest BCUT2D eigenvalue weighted by Gasteiger charge is 2.17. The topological polar surface area (TPSA) is 80.7 Å². The monoisotopic (exact) mass is 276 g/mol. The van der Waals surface area contributed by atoms with Gasteiger partial charge in [0.05, 0.1) is 5.69 Å². The van der Waals surface area contributed by atoms with Crippen molar-refractivity contribution in [2.24, 2.45) is 0 Å². The van der Waals surface area contributed by atoms with E-state index < -0.39 is 0 Å². The zero-order valence-corrected chi connectivity index (χ0v) is 11.1. The molecule has 102 valence electrons. The Morgan fingerprint density at radius 3 is 2.62 bits per heavy atom. The molecule has 0 unspecified atom stereocenters. The zero-order chi connectivity index (χ0) is 14.2. The van der Waals surface area contributed by atoms with E-state index in [9.17, 15) is 0 Å². The number of nitrogens with one attached hydrogen (secondary N) is 1. The van der Waals surface area contributed by atoms with Crippen molar-refractivity contribution in [3.63, 3.8) is 0 Å². The number of anilines is 1. The first kappa shape index (κ1) is 11.7. The van der Waals surface area contributed by atoms with Gasteiger partial charge in [-0.05, 0) is 18.2 Å². The predicted molar refractivity (Wildman–Crippen MR) is 81.4 cm³/mol. The third kappa shape index (κ3) is 1.87. The maximum atomic E-state index is 5.62. The van der Waals surface area contributed by atoms with Crippen LogP contribution in [0.25, 0.3) is 33.4 Å². The highest BCUT2D eigenvalue weighted by atomic mass is 16.4. The first-order valence-electron chi connectivity index (χ1n) is 6.55. The van der Waals surface area contributed by atoms with Gasteiger partial charge in [-0.2, -0.15) is 4.98 Å². The largest absolute Gasteiger partial charge is 0.432 e. The lowest BCUT2D eigenvalue weighted by Crippen LogP contribution is -1.86. The molecule has 0 saturated heterocycles. The molecule has 3 aromatic heterocycles. The number of pyridine rings is 1. The maximum Gasteiger partial charge on any atom is 0.292 e. The van der Waals surface area contributed by atoms with Crippen LogP contribution >= 0.6 is 0 Å². The van der Waals surface area contributed by atoms with Gasteiger partial charge in [0.1, 0.15) is 12.0 Å². The molecule has 0 atom stereocenters. The van der Waals surface area contributed by atoms with Crippen LogP contribution in [0.3, 0.4) is 0 Å². The summed E-state index contributed by atoms with van der Waals surface area (Å²) in [5, 5.41) is 1.08. The average molecular weight is 276 g/mol. The standard InChI is InChI=1S/C16H12N4O/c17-16-20-13(9-21-16)14-11-3-1-2-4-12(11)19-15(14)10-5-7-18-8-6-10/h1-9,19H,(H2,17,20). The van der Waals surface area contributed by atoms with Crippen LogP contribution in [-0.4, -0.2) is 15.0 Å². The van der Waals surface area contributed by atoms with Gasteiger partial charge in [0, 0.05) is 34.4 Å². The molecule has 21 heavy (non-hydrogen) atoms. The number of benzene rings is 1. The van der Waals surface area contributed by atoms with Gasteiger partial charge in [-0.15, -0.1) is 0 Å². The lowest BCUT2D eigenvalue weighted by atomic mass is 10.0. The van der Waals surface area contributed by atoms with Crippen LogP contribution < -0.4 is 5.73 Å². The number of oxazole rings is 1. The minimum absolute atomic E-state index is 0.163. The van der Waals surface area contributed by atoms with Crippen molar-refractivity contribution >= 4 is 16.9 Å². The fourth-order valence-corrected chi connectivity index (χ4v) is 2.55. The quantitative estimate of drug-likeness (QED) is 0.587. The fourth-order valence-electron chi connectivity index (χ4n) is 2.55. The SMILES string of the molecule is Nc1nc(-c2c(-c3ccncc3)[nH]c3ccccc23)co1. The number of aromatic nitrogens is 3. The predicted octanol–water partition coefficient (Wildman–Crippen LogP) is 3.47. The summed E-state index contributed by atoms with van der Waals surface area (Å²) in [6, 6.07) is 12.2. The van der Waals surface area contributed by atoms with E-state index in [0.717, 1.165) is 33.4 Å². The number of hydrogen-bond donors (Lipinski definition) is 2. The van der Waals surface area contributed by atoms with Gasteiger partial charge in [-0.3, -0.25) is 4.98 Å². The molecular weight excluding hydrogens is 264 g/mol. The Morgan fingerprint density at radius 2 is 1.86 bits per heavy atom. The summed E-state index contributed by atoms with van der Waals surface area (Å²) in [5.41, 5.74) is 10.4. The molecule has 0 amide bonds. The van der Waals surface area contributed by atoms with Crippen molar-refractivity contribution in [1.82, 2.24) is 15.0 Å². The number of para-hydroxylation sites is 1. The van der Waals surface area contributed by atoms with Crippen LogP contribution in [0.5, 0.6) is 0 Å². The highest BCUT2D eigenvalue weighted by molar-refractivity contribution is 6.02. The van der Waals surface area contributed by atoms with Gasteiger partial charge in [-0.25, -0.2) is 0 Å². The summed E-state index contributed by atoms with van der Waals surface area (Å²) < 4.78 is 5.17. The van der Waals surface area contributed by atoms with Crippen LogP contribution in [0.4, 0.5) is 6.01 Å². The molecule has 5 nitrogen and oxygen atoms in total. The van der Waals surface area contributed by atoms with Crippen LogP contribution in [0, 0.1) is 0 Å². The summed E-state index contributed by atoms with van der Waals surface area (Å²) in [5.74, 6) is 0. The van der Waals surface area contributed by atoms with Crippen molar-refractivity contribution < 1.29 is 4.42 Å². The van der Waals surface area contributed by atoms with Crippen LogP contribution in [0.15, 0.2) is 59.5 Å². The highest BCUT2D eigenvalue weighted by Crippen LogP contribution is 2.37. The number of H-pyrrole nitrogens is 1. The molecule has 5 heteroatoms. The van der Waals surface area contributed by atoms with Gasteiger partial charge in [0.15, 0.2) is 0 Å². The van der Waals surface area contributed by atoms with Crippen LogP contribution in [-0.2, 0) is 0 Å². The Bertz CT molecular complexity index is 908. The third-order valence-corrected chi connectivity index (χ3v) is 3.45. The number of rotatable bonds is 2.